The molecule has 0 radical (unpaired) electrons. The third-order valence-corrected chi connectivity index (χ3v) is 4.21. The average Bonchev–Trinajstić information content (AvgIpc) is 3.22. The van der Waals surface area contributed by atoms with Crippen LogP contribution in [-0.4, -0.2) is 25.8 Å². The normalized spacial score (nSPS) is 16.6. The number of nitrogens with zero attached hydrogens (tertiary/aromatic N) is 4. The lowest BCUT2D eigenvalue weighted by atomic mass is 9.93. The highest BCUT2D eigenvalue weighted by Gasteiger charge is 2.27. The Morgan fingerprint density at radius 1 is 1.42 bits per heavy atom. The molecule has 3 heterocycles. The Bertz CT molecular complexity index is 868. The Balaban J connectivity index is 1.61. The summed E-state index contributed by atoms with van der Waals surface area (Å²) in [7, 11) is 0. The van der Waals surface area contributed by atoms with Gasteiger partial charge >= 0.3 is 0 Å². The van der Waals surface area contributed by atoms with Gasteiger partial charge in [0, 0.05) is 17.8 Å². The van der Waals surface area contributed by atoms with Gasteiger partial charge in [-0.25, -0.2) is 9.67 Å². The molecule has 3 aromatic heterocycles. The van der Waals surface area contributed by atoms with Crippen molar-refractivity contribution in [2.75, 3.05) is 0 Å². The van der Waals surface area contributed by atoms with Crippen LogP contribution in [0.3, 0.4) is 0 Å². The lowest BCUT2D eigenvalue weighted by Crippen LogP contribution is -2.30. The number of aromatic nitrogens is 4. The number of carbonyl (C=O) groups excluding carboxylic acids is 1. The number of aryl methyl sites for hydroxylation is 1. The number of pyridine rings is 1. The van der Waals surface area contributed by atoms with Crippen molar-refractivity contribution >= 4 is 5.91 Å². The van der Waals surface area contributed by atoms with E-state index in [-0.39, 0.29) is 17.7 Å². The van der Waals surface area contributed by atoms with Crippen LogP contribution in [0.25, 0.3) is 5.82 Å². The number of amides is 1. The second-order valence-electron chi connectivity index (χ2n) is 5.90. The molecule has 4 rings (SSSR count). The molecule has 7 nitrogen and oxygen atoms in total. The lowest BCUT2D eigenvalue weighted by Gasteiger charge is -2.23. The van der Waals surface area contributed by atoms with Crippen molar-refractivity contribution in [1.29, 1.82) is 0 Å². The maximum absolute atomic E-state index is 12.3. The van der Waals surface area contributed by atoms with Gasteiger partial charge in [-0.1, -0.05) is 11.2 Å². The van der Waals surface area contributed by atoms with Gasteiger partial charge in [-0.15, -0.1) is 0 Å². The molecule has 1 aliphatic carbocycles. The van der Waals surface area contributed by atoms with Crippen molar-refractivity contribution in [3.8, 4) is 5.82 Å². The maximum Gasteiger partial charge on any atom is 0.290 e. The summed E-state index contributed by atoms with van der Waals surface area (Å²) in [6.45, 7) is 1.79. The van der Waals surface area contributed by atoms with E-state index in [9.17, 15) is 4.79 Å². The van der Waals surface area contributed by atoms with Gasteiger partial charge < -0.3 is 9.84 Å². The Labute approximate surface area is 138 Å². The van der Waals surface area contributed by atoms with Crippen molar-refractivity contribution in [2.24, 2.45) is 0 Å². The summed E-state index contributed by atoms with van der Waals surface area (Å²) < 4.78 is 6.89. The highest BCUT2D eigenvalue weighted by molar-refractivity contribution is 5.91. The summed E-state index contributed by atoms with van der Waals surface area (Å²) in [6.07, 6.45) is 6.34. The van der Waals surface area contributed by atoms with E-state index in [1.54, 1.807) is 19.2 Å². The minimum absolute atomic E-state index is 0.0795. The van der Waals surface area contributed by atoms with Crippen molar-refractivity contribution in [2.45, 2.75) is 32.2 Å². The first-order valence-corrected chi connectivity index (χ1v) is 7.95. The number of carbonyl (C=O) groups is 1. The summed E-state index contributed by atoms with van der Waals surface area (Å²) in [6, 6.07) is 7.29. The molecule has 1 aliphatic rings. The van der Waals surface area contributed by atoms with E-state index in [1.807, 2.05) is 29.1 Å². The standard InChI is InChI=1S/C17H17N5O2/c1-11-9-15(24-21-11)17(23)20-13-5-4-6-14-12(13)10-19-22(14)16-7-2-3-8-18-16/h2-3,7-10,13H,4-6H2,1H3,(H,20,23)/t13-/m0/s1. The van der Waals surface area contributed by atoms with Gasteiger partial charge in [0.1, 0.15) is 0 Å². The van der Waals surface area contributed by atoms with Gasteiger partial charge in [0.05, 0.1) is 23.6 Å². The molecule has 0 bridgehead atoms. The first-order chi connectivity index (χ1) is 11.7. The van der Waals surface area contributed by atoms with Crippen molar-refractivity contribution in [3.63, 3.8) is 0 Å². The third-order valence-electron chi connectivity index (χ3n) is 4.21. The van der Waals surface area contributed by atoms with Crippen LogP contribution in [0.15, 0.2) is 41.2 Å². The molecule has 1 amide bonds. The van der Waals surface area contributed by atoms with Crippen LogP contribution < -0.4 is 5.32 Å². The van der Waals surface area contributed by atoms with Gasteiger partial charge in [-0.3, -0.25) is 4.79 Å². The van der Waals surface area contributed by atoms with E-state index >= 15 is 0 Å². The van der Waals surface area contributed by atoms with E-state index in [4.69, 9.17) is 4.52 Å². The molecule has 0 saturated carbocycles. The molecular formula is C17H17N5O2. The van der Waals surface area contributed by atoms with E-state index in [2.05, 4.69) is 20.6 Å². The van der Waals surface area contributed by atoms with Crippen LogP contribution in [0, 0.1) is 6.92 Å². The molecule has 122 valence electrons. The minimum Gasteiger partial charge on any atom is -0.351 e. The zero-order chi connectivity index (χ0) is 16.5. The second-order valence-corrected chi connectivity index (χ2v) is 5.90. The van der Waals surface area contributed by atoms with E-state index in [0.717, 1.165) is 36.3 Å². The van der Waals surface area contributed by atoms with E-state index in [1.165, 1.54) is 0 Å². The smallest absolute Gasteiger partial charge is 0.290 e. The Morgan fingerprint density at radius 3 is 3.08 bits per heavy atom. The summed E-state index contributed by atoms with van der Waals surface area (Å²) >= 11 is 0. The lowest BCUT2D eigenvalue weighted by molar-refractivity contribution is 0.0895. The number of rotatable bonds is 3. The molecule has 7 heteroatoms. The molecular weight excluding hydrogens is 306 g/mol. The highest BCUT2D eigenvalue weighted by Crippen LogP contribution is 2.31. The average molecular weight is 323 g/mol. The molecule has 0 fully saturated rings. The summed E-state index contributed by atoms with van der Waals surface area (Å²) in [5, 5.41) is 11.3. The minimum atomic E-state index is -0.251. The quantitative estimate of drug-likeness (QED) is 0.800. The molecule has 0 aromatic carbocycles. The SMILES string of the molecule is Cc1cc(C(=O)N[C@H]2CCCc3c2cnn3-c2ccccn2)on1. The van der Waals surface area contributed by atoms with Gasteiger partial charge in [-0.05, 0) is 38.3 Å². The van der Waals surface area contributed by atoms with Crippen molar-refractivity contribution < 1.29 is 9.32 Å². The number of nitrogens with one attached hydrogen (secondary N) is 1. The molecule has 0 saturated heterocycles. The Morgan fingerprint density at radius 2 is 2.33 bits per heavy atom. The largest absolute Gasteiger partial charge is 0.351 e. The number of fused-ring (bicyclic) bond motifs is 1. The zero-order valence-electron chi connectivity index (χ0n) is 13.3. The monoisotopic (exact) mass is 323 g/mol. The molecule has 1 atom stereocenters. The van der Waals surface area contributed by atoms with Crippen LogP contribution in [0.5, 0.6) is 0 Å². The van der Waals surface area contributed by atoms with Crippen LogP contribution in [0.2, 0.25) is 0 Å². The van der Waals surface area contributed by atoms with Crippen LogP contribution in [0.1, 0.15) is 46.4 Å². The van der Waals surface area contributed by atoms with E-state index < -0.39 is 0 Å². The highest BCUT2D eigenvalue weighted by atomic mass is 16.5. The van der Waals surface area contributed by atoms with Gasteiger partial charge in [0.2, 0.25) is 5.76 Å². The van der Waals surface area contributed by atoms with E-state index in [0.29, 0.717) is 5.69 Å². The van der Waals surface area contributed by atoms with Gasteiger partial charge in [0.25, 0.3) is 5.91 Å². The first kappa shape index (κ1) is 14.6. The molecule has 3 aromatic rings. The number of hydrogen-bond acceptors (Lipinski definition) is 5. The van der Waals surface area contributed by atoms with Crippen LogP contribution in [-0.2, 0) is 6.42 Å². The first-order valence-electron chi connectivity index (χ1n) is 7.95. The van der Waals surface area contributed by atoms with Crippen LogP contribution >= 0.6 is 0 Å². The van der Waals surface area contributed by atoms with Gasteiger partial charge in [-0.2, -0.15) is 5.10 Å². The van der Waals surface area contributed by atoms with Crippen molar-refractivity contribution in [1.82, 2.24) is 25.2 Å². The predicted octanol–water partition coefficient (Wildman–Crippen LogP) is 2.37. The second kappa shape index (κ2) is 5.92. The predicted molar refractivity (Wildman–Crippen MR) is 85.7 cm³/mol. The Hall–Kier alpha value is -2.96. The molecule has 0 aliphatic heterocycles. The molecule has 0 unspecified atom stereocenters. The zero-order valence-corrected chi connectivity index (χ0v) is 13.3. The molecule has 1 N–H and O–H groups in total. The fourth-order valence-corrected chi connectivity index (χ4v) is 3.08. The van der Waals surface area contributed by atoms with Gasteiger partial charge in [0.15, 0.2) is 5.82 Å². The Kier molecular flexibility index (Phi) is 3.60. The molecule has 0 spiro atoms. The summed E-state index contributed by atoms with van der Waals surface area (Å²) in [5.74, 6) is 0.771. The maximum atomic E-state index is 12.3. The number of hydrogen-bond donors (Lipinski definition) is 1. The fraction of sp³-hybridized carbons (Fsp3) is 0.294. The molecule has 24 heavy (non-hydrogen) atoms. The third kappa shape index (κ3) is 2.58. The summed E-state index contributed by atoms with van der Waals surface area (Å²) in [5.41, 5.74) is 2.82. The van der Waals surface area contributed by atoms with Crippen molar-refractivity contribution in [3.05, 3.63) is 59.4 Å². The summed E-state index contributed by atoms with van der Waals surface area (Å²) in [4.78, 5) is 16.7. The van der Waals surface area contributed by atoms with Crippen LogP contribution in [0.4, 0.5) is 0 Å². The fourth-order valence-electron chi connectivity index (χ4n) is 3.08. The topological polar surface area (TPSA) is 85.8 Å².